The molecule has 0 bridgehead atoms. The largest absolute Gasteiger partial charge is 0.310 e. The van der Waals surface area contributed by atoms with Crippen LogP contribution in [0.4, 0.5) is 8.78 Å². The van der Waals surface area contributed by atoms with Gasteiger partial charge in [-0.15, -0.1) is 0 Å². The van der Waals surface area contributed by atoms with Crippen molar-refractivity contribution in [1.29, 1.82) is 0 Å². The molecular formula is C16H15Cl2F2N. The van der Waals surface area contributed by atoms with E-state index in [0.717, 1.165) is 5.56 Å². The molecule has 0 aliphatic rings. The summed E-state index contributed by atoms with van der Waals surface area (Å²) < 4.78 is 27.1. The molecule has 21 heavy (non-hydrogen) atoms. The number of nitrogens with one attached hydrogen (secondary N) is 1. The van der Waals surface area contributed by atoms with Crippen LogP contribution in [0.1, 0.15) is 24.1 Å². The van der Waals surface area contributed by atoms with Gasteiger partial charge in [0.15, 0.2) is 0 Å². The maximum atomic E-state index is 14.0. The lowest BCUT2D eigenvalue weighted by atomic mass is 9.98. The lowest BCUT2D eigenvalue weighted by Crippen LogP contribution is -2.24. The zero-order valence-corrected chi connectivity index (χ0v) is 13.0. The molecule has 0 heterocycles. The first-order valence-corrected chi connectivity index (χ1v) is 7.39. The molecule has 112 valence electrons. The average Bonchev–Trinajstić information content (AvgIpc) is 2.44. The molecule has 1 N–H and O–H groups in total. The molecule has 0 saturated carbocycles. The minimum Gasteiger partial charge on any atom is -0.310 e. The van der Waals surface area contributed by atoms with Gasteiger partial charge in [0, 0.05) is 21.7 Å². The van der Waals surface area contributed by atoms with Crippen molar-refractivity contribution in [2.45, 2.75) is 19.4 Å². The molecule has 1 nitrogen and oxygen atoms in total. The first-order valence-electron chi connectivity index (χ1n) is 6.63. The highest BCUT2D eigenvalue weighted by atomic mass is 35.5. The van der Waals surface area contributed by atoms with Crippen LogP contribution in [0.2, 0.25) is 10.0 Å². The van der Waals surface area contributed by atoms with Gasteiger partial charge in [-0.3, -0.25) is 0 Å². The summed E-state index contributed by atoms with van der Waals surface area (Å²) in [5.41, 5.74) is 1.23. The first-order chi connectivity index (χ1) is 10.0. The zero-order valence-electron chi connectivity index (χ0n) is 11.5. The Kier molecular flexibility index (Phi) is 5.57. The monoisotopic (exact) mass is 329 g/mol. The molecule has 0 spiro atoms. The lowest BCUT2D eigenvalue weighted by Gasteiger charge is -2.20. The van der Waals surface area contributed by atoms with Gasteiger partial charge in [-0.2, -0.15) is 0 Å². The minimum absolute atomic E-state index is 0.281. The summed E-state index contributed by atoms with van der Waals surface area (Å²) in [5.74, 6) is -0.721. The van der Waals surface area contributed by atoms with Crippen LogP contribution in [0, 0.1) is 11.6 Å². The molecule has 1 atom stereocenters. The third-order valence-corrected chi connectivity index (χ3v) is 3.81. The van der Waals surface area contributed by atoms with Crippen molar-refractivity contribution < 1.29 is 8.78 Å². The van der Waals surface area contributed by atoms with Crippen molar-refractivity contribution in [3.05, 3.63) is 69.2 Å². The minimum atomic E-state index is -0.391. The van der Waals surface area contributed by atoms with E-state index in [4.69, 9.17) is 23.2 Å². The van der Waals surface area contributed by atoms with Crippen molar-refractivity contribution >= 4 is 23.2 Å². The normalized spacial score (nSPS) is 12.4. The third kappa shape index (κ3) is 4.16. The van der Waals surface area contributed by atoms with Crippen molar-refractivity contribution in [1.82, 2.24) is 5.32 Å². The summed E-state index contributed by atoms with van der Waals surface area (Å²) in [6.45, 7) is 2.59. The van der Waals surface area contributed by atoms with E-state index < -0.39 is 5.82 Å². The molecule has 0 amide bonds. The van der Waals surface area contributed by atoms with Crippen LogP contribution in [0.3, 0.4) is 0 Å². The Morgan fingerprint density at radius 1 is 1.10 bits per heavy atom. The number of benzene rings is 2. The second-order valence-electron chi connectivity index (χ2n) is 4.72. The number of hydrogen-bond donors (Lipinski definition) is 1. The Hall–Kier alpha value is -1.16. The van der Waals surface area contributed by atoms with Crippen molar-refractivity contribution in [2.75, 3.05) is 6.54 Å². The van der Waals surface area contributed by atoms with Gasteiger partial charge in [0.2, 0.25) is 0 Å². The van der Waals surface area contributed by atoms with E-state index in [2.05, 4.69) is 5.32 Å². The van der Waals surface area contributed by atoms with E-state index in [-0.39, 0.29) is 11.9 Å². The Morgan fingerprint density at radius 2 is 1.86 bits per heavy atom. The van der Waals surface area contributed by atoms with Gasteiger partial charge in [0.25, 0.3) is 0 Å². The summed E-state index contributed by atoms with van der Waals surface area (Å²) in [7, 11) is 0. The lowest BCUT2D eigenvalue weighted by molar-refractivity contribution is 0.509. The van der Waals surface area contributed by atoms with E-state index in [9.17, 15) is 8.78 Å². The van der Waals surface area contributed by atoms with Gasteiger partial charge in [0.05, 0.1) is 0 Å². The van der Waals surface area contributed by atoms with E-state index in [1.165, 1.54) is 24.3 Å². The van der Waals surface area contributed by atoms with Crippen LogP contribution in [0.5, 0.6) is 0 Å². The van der Waals surface area contributed by atoms with Crippen LogP contribution >= 0.6 is 23.2 Å². The zero-order chi connectivity index (χ0) is 15.4. The van der Waals surface area contributed by atoms with Gasteiger partial charge in [-0.25, -0.2) is 8.78 Å². The SMILES string of the molecule is CCNC(Cc1ccc(F)cc1Cl)c1cc(Cl)ccc1F. The predicted octanol–water partition coefficient (Wildman–Crippen LogP) is 5.16. The number of likely N-dealkylation sites (N-methyl/N-ethyl adjacent to an activating group) is 1. The molecule has 0 fully saturated rings. The van der Waals surface area contributed by atoms with Crippen LogP contribution in [0.15, 0.2) is 36.4 Å². The Bertz CT molecular complexity index is 632. The fourth-order valence-electron chi connectivity index (χ4n) is 2.23. The van der Waals surface area contributed by atoms with Gasteiger partial charge >= 0.3 is 0 Å². The molecule has 1 unspecified atom stereocenters. The van der Waals surface area contributed by atoms with Crippen LogP contribution in [-0.4, -0.2) is 6.54 Å². The molecule has 2 aromatic carbocycles. The van der Waals surface area contributed by atoms with Gasteiger partial charge in [0.1, 0.15) is 11.6 Å². The van der Waals surface area contributed by atoms with Gasteiger partial charge in [-0.05, 0) is 48.9 Å². The van der Waals surface area contributed by atoms with Crippen LogP contribution in [-0.2, 0) is 6.42 Å². The molecule has 2 aromatic rings. The molecule has 0 aliphatic heterocycles. The summed E-state index contributed by atoms with van der Waals surface area (Å²) in [6.07, 6.45) is 0.449. The molecule has 2 rings (SSSR count). The summed E-state index contributed by atoms with van der Waals surface area (Å²) in [4.78, 5) is 0. The second kappa shape index (κ2) is 7.21. The van der Waals surface area contributed by atoms with E-state index in [0.29, 0.717) is 28.6 Å². The van der Waals surface area contributed by atoms with E-state index >= 15 is 0 Å². The van der Waals surface area contributed by atoms with Crippen molar-refractivity contribution in [3.8, 4) is 0 Å². The quantitative estimate of drug-likeness (QED) is 0.798. The fraction of sp³-hybridized carbons (Fsp3) is 0.250. The smallest absolute Gasteiger partial charge is 0.128 e. The highest BCUT2D eigenvalue weighted by molar-refractivity contribution is 6.31. The van der Waals surface area contributed by atoms with Gasteiger partial charge in [-0.1, -0.05) is 36.2 Å². The highest BCUT2D eigenvalue weighted by Gasteiger charge is 2.17. The molecule has 0 saturated heterocycles. The van der Waals surface area contributed by atoms with E-state index in [1.54, 1.807) is 12.1 Å². The standard InChI is InChI=1S/C16H15Cl2F2N/c1-2-21-16(13-8-11(17)4-6-15(13)20)7-10-3-5-12(19)9-14(10)18/h3-6,8-9,16,21H,2,7H2,1H3. The van der Waals surface area contributed by atoms with Gasteiger partial charge < -0.3 is 5.32 Å². The maximum Gasteiger partial charge on any atom is 0.128 e. The molecule has 5 heteroatoms. The third-order valence-electron chi connectivity index (χ3n) is 3.22. The summed E-state index contributed by atoms with van der Waals surface area (Å²) >= 11 is 12.0. The average molecular weight is 330 g/mol. The second-order valence-corrected chi connectivity index (χ2v) is 5.56. The molecule has 0 radical (unpaired) electrons. The maximum absolute atomic E-state index is 14.0. The topological polar surface area (TPSA) is 12.0 Å². The molecule has 0 aromatic heterocycles. The first kappa shape index (κ1) is 16.2. The number of hydrogen-bond acceptors (Lipinski definition) is 1. The van der Waals surface area contributed by atoms with Crippen molar-refractivity contribution in [2.24, 2.45) is 0 Å². The summed E-state index contributed by atoms with van der Waals surface area (Å²) in [6, 6.07) is 8.39. The van der Waals surface area contributed by atoms with Crippen molar-refractivity contribution in [3.63, 3.8) is 0 Å². The summed E-state index contributed by atoms with van der Waals surface area (Å²) in [5, 5.41) is 4.01. The predicted molar refractivity (Wildman–Crippen MR) is 82.9 cm³/mol. The Labute approximate surface area is 132 Å². The van der Waals surface area contributed by atoms with Crippen LogP contribution < -0.4 is 5.32 Å². The molecular weight excluding hydrogens is 315 g/mol. The fourth-order valence-corrected chi connectivity index (χ4v) is 2.65. The highest BCUT2D eigenvalue weighted by Crippen LogP contribution is 2.27. The van der Waals surface area contributed by atoms with Crippen LogP contribution in [0.25, 0.3) is 0 Å². The molecule has 0 aliphatic carbocycles. The number of rotatable bonds is 5. The Balaban J connectivity index is 2.32. The van der Waals surface area contributed by atoms with E-state index in [1.807, 2.05) is 6.92 Å². The number of halogens is 4. The Morgan fingerprint density at radius 3 is 2.52 bits per heavy atom.